The first-order valence-electron chi connectivity index (χ1n) is 10.2. The van der Waals surface area contributed by atoms with Gasteiger partial charge in [-0.25, -0.2) is 0 Å². The molecule has 1 N–H and O–H groups in total. The summed E-state index contributed by atoms with van der Waals surface area (Å²) in [6.07, 6.45) is 15.9. The minimum atomic E-state index is 0.169. The molecule has 1 unspecified atom stereocenters. The molecule has 2 fully saturated rings. The maximum atomic E-state index is 12.5. The highest BCUT2D eigenvalue weighted by atomic mass is 16.5. The average molecular weight is 348 g/mol. The molecule has 1 aliphatic carbocycles. The Morgan fingerprint density at radius 1 is 1.28 bits per heavy atom. The van der Waals surface area contributed by atoms with E-state index < -0.39 is 0 Å². The highest BCUT2D eigenvalue weighted by Gasteiger charge is 2.26. The molecule has 0 bridgehead atoms. The van der Waals surface area contributed by atoms with Crippen molar-refractivity contribution < 1.29 is 9.53 Å². The summed E-state index contributed by atoms with van der Waals surface area (Å²) in [6, 6.07) is 0. The van der Waals surface area contributed by atoms with Crippen molar-refractivity contribution >= 4 is 11.6 Å². The molecule has 1 atom stereocenters. The molecule has 2 heterocycles. The molecule has 0 aromatic carbocycles. The summed E-state index contributed by atoms with van der Waals surface area (Å²) in [7, 11) is 0. The van der Waals surface area contributed by atoms with Crippen molar-refractivity contribution in [1.82, 2.24) is 9.78 Å². The van der Waals surface area contributed by atoms with Gasteiger partial charge in [-0.3, -0.25) is 9.48 Å². The van der Waals surface area contributed by atoms with Gasteiger partial charge in [0.25, 0.3) is 0 Å². The number of carbonyl (C=O) groups is 1. The van der Waals surface area contributed by atoms with Crippen molar-refractivity contribution in [3.05, 3.63) is 12.4 Å². The first-order valence-corrected chi connectivity index (χ1v) is 10.2. The fraction of sp³-hybridized carbons (Fsp3) is 0.800. The first-order chi connectivity index (χ1) is 12.2. The second kappa shape index (κ2) is 9.37. The van der Waals surface area contributed by atoms with Crippen molar-refractivity contribution in [2.75, 3.05) is 11.9 Å². The van der Waals surface area contributed by atoms with E-state index in [2.05, 4.69) is 17.3 Å². The van der Waals surface area contributed by atoms with E-state index in [9.17, 15) is 4.79 Å². The molecular weight excluding hydrogens is 314 g/mol. The van der Waals surface area contributed by atoms with Gasteiger partial charge in [0.15, 0.2) is 0 Å². The van der Waals surface area contributed by atoms with Gasteiger partial charge < -0.3 is 10.1 Å². The monoisotopic (exact) mass is 347 g/mol. The topological polar surface area (TPSA) is 56.2 Å². The third-order valence-electron chi connectivity index (χ3n) is 5.75. The Kier molecular flexibility index (Phi) is 6.91. The van der Waals surface area contributed by atoms with Crippen LogP contribution >= 0.6 is 0 Å². The summed E-state index contributed by atoms with van der Waals surface area (Å²) >= 11 is 0. The van der Waals surface area contributed by atoms with Gasteiger partial charge in [0.05, 0.1) is 24.5 Å². The quantitative estimate of drug-likeness (QED) is 0.796. The number of ether oxygens (including phenoxy) is 1. The molecule has 1 saturated carbocycles. The lowest BCUT2D eigenvalue weighted by Gasteiger charge is -2.27. The maximum Gasteiger partial charge on any atom is 0.227 e. The number of unbranched alkanes of at least 4 members (excludes halogenated alkanes) is 1. The molecular formula is C20H33N3O2. The van der Waals surface area contributed by atoms with Crippen molar-refractivity contribution in [2.24, 2.45) is 11.8 Å². The van der Waals surface area contributed by atoms with E-state index in [0.717, 1.165) is 50.4 Å². The van der Waals surface area contributed by atoms with Crippen LogP contribution < -0.4 is 5.32 Å². The summed E-state index contributed by atoms with van der Waals surface area (Å²) in [6.45, 7) is 3.88. The molecule has 1 aliphatic heterocycles. The molecule has 5 nitrogen and oxygen atoms in total. The van der Waals surface area contributed by atoms with Gasteiger partial charge in [-0.1, -0.05) is 26.2 Å². The fourth-order valence-electron chi connectivity index (χ4n) is 4.14. The zero-order valence-electron chi connectivity index (χ0n) is 15.6. The normalized spacial score (nSPS) is 27.2. The number of nitrogens with zero attached hydrogens (tertiary/aromatic N) is 2. The smallest absolute Gasteiger partial charge is 0.227 e. The van der Waals surface area contributed by atoms with Crippen LogP contribution in [0, 0.1) is 11.8 Å². The lowest BCUT2D eigenvalue weighted by atomic mass is 9.79. The van der Waals surface area contributed by atoms with Crippen LogP contribution in [0.1, 0.15) is 71.1 Å². The SMILES string of the molecule is CCCCC1CCC(C(=O)Nc2cnn(CC3CCCCO3)c2)CC1. The van der Waals surface area contributed by atoms with Gasteiger partial charge in [0.1, 0.15) is 0 Å². The van der Waals surface area contributed by atoms with E-state index in [1.54, 1.807) is 6.20 Å². The number of rotatable bonds is 7. The lowest BCUT2D eigenvalue weighted by Crippen LogP contribution is -2.27. The second-order valence-corrected chi connectivity index (χ2v) is 7.79. The van der Waals surface area contributed by atoms with E-state index in [4.69, 9.17) is 4.74 Å². The number of amides is 1. The standard InChI is InChI=1S/C20H33N3O2/c1-2-3-6-16-8-10-17(11-9-16)20(24)22-18-13-21-23(14-18)15-19-7-4-5-12-25-19/h13-14,16-17,19H,2-12,15H2,1H3,(H,22,24). The summed E-state index contributed by atoms with van der Waals surface area (Å²) in [4.78, 5) is 12.5. The Morgan fingerprint density at radius 2 is 2.12 bits per heavy atom. The predicted octanol–water partition coefficient (Wildman–Crippen LogP) is 4.39. The van der Waals surface area contributed by atoms with Crippen molar-refractivity contribution in [3.8, 4) is 0 Å². The third-order valence-corrected chi connectivity index (χ3v) is 5.75. The van der Waals surface area contributed by atoms with E-state index in [1.807, 2.05) is 10.9 Å². The Morgan fingerprint density at radius 3 is 2.84 bits per heavy atom. The first kappa shape index (κ1) is 18.4. The zero-order valence-corrected chi connectivity index (χ0v) is 15.6. The third kappa shape index (κ3) is 5.56. The molecule has 5 heteroatoms. The minimum Gasteiger partial charge on any atom is -0.376 e. The Bertz CT molecular complexity index is 529. The van der Waals surface area contributed by atoms with Crippen LogP contribution in [-0.4, -0.2) is 28.4 Å². The Labute approximate surface area is 151 Å². The van der Waals surface area contributed by atoms with Crippen LogP contribution in [-0.2, 0) is 16.1 Å². The number of nitrogens with one attached hydrogen (secondary N) is 1. The summed E-state index contributed by atoms with van der Waals surface area (Å²) in [5.41, 5.74) is 0.814. The number of hydrogen-bond acceptors (Lipinski definition) is 3. The molecule has 3 rings (SSSR count). The molecule has 0 radical (unpaired) electrons. The van der Waals surface area contributed by atoms with E-state index in [0.29, 0.717) is 0 Å². The van der Waals surface area contributed by atoms with Crippen LogP contribution in [0.25, 0.3) is 0 Å². The largest absolute Gasteiger partial charge is 0.376 e. The zero-order chi connectivity index (χ0) is 17.5. The Balaban J connectivity index is 1.42. The maximum absolute atomic E-state index is 12.5. The van der Waals surface area contributed by atoms with Crippen LogP contribution in [0.4, 0.5) is 5.69 Å². The molecule has 140 valence electrons. The van der Waals surface area contributed by atoms with Crippen molar-refractivity contribution in [2.45, 2.75) is 83.8 Å². The molecule has 1 aromatic heterocycles. The lowest BCUT2D eigenvalue weighted by molar-refractivity contribution is -0.121. The number of hydrogen-bond donors (Lipinski definition) is 1. The summed E-state index contributed by atoms with van der Waals surface area (Å²) in [5.74, 6) is 1.17. The molecule has 2 aliphatic rings. The van der Waals surface area contributed by atoms with Gasteiger partial charge in [-0.15, -0.1) is 0 Å². The van der Waals surface area contributed by atoms with Gasteiger partial charge >= 0.3 is 0 Å². The van der Waals surface area contributed by atoms with E-state index in [1.165, 1.54) is 38.5 Å². The highest BCUT2D eigenvalue weighted by Crippen LogP contribution is 2.32. The summed E-state index contributed by atoms with van der Waals surface area (Å²) < 4.78 is 7.65. The fourth-order valence-corrected chi connectivity index (χ4v) is 4.14. The van der Waals surface area contributed by atoms with E-state index >= 15 is 0 Å². The van der Waals surface area contributed by atoms with Crippen molar-refractivity contribution in [1.29, 1.82) is 0 Å². The second-order valence-electron chi connectivity index (χ2n) is 7.79. The average Bonchev–Trinajstić information content (AvgIpc) is 3.08. The van der Waals surface area contributed by atoms with Crippen LogP contribution in [0.3, 0.4) is 0 Å². The van der Waals surface area contributed by atoms with Crippen LogP contribution in [0.2, 0.25) is 0 Å². The van der Waals surface area contributed by atoms with Crippen LogP contribution in [0.15, 0.2) is 12.4 Å². The molecule has 1 saturated heterocycles. The van der Waals surface area contributed by atoms with Crippen LogP contribution in [0.5, 0.6) is 0 Å². The molecule has 1 amide bonds. The number of anilines is 1. The minimum absolute atomic E-state index is 0.169. The number of carbonyl (C=O) groups excluding carboxylic acids is 1. The predicted molar refractivity (Wildman–Crippen MR) is 99.4 cm³/mol. The molecule has 0 spiro atoms. The molecule has 25 heavy (non-hydrogen) atoms. The Hall–Kier alpha value is -1.36. The number of aromatic nitrogens is 2. The molecule has 1 aromatic rings. The van der Waals surface area contributed by atoms with Gasteiger partial charge in [0.2, 0.25) is 5.91 Å². The van der Waals surface area contributed by atoms with Gasteiger partial charge in [0, 0.05) is 18.7 Å². The van der Waals surface area contributed by atoms with Crippen molar-refractivity contribution in [3.63, 3.8) is 0 Å². The van der Waals surface area contributed by atoms with E-state index in [-0.39, 0.29) is 17.9 Å². The highest BCUT2D eigenvalue weighted by molar-refractivity contribution is 5.92. The van der Waals surface area contributed by atoms with Gasteiger partial charge in [-0.2, -0.15) is 5.10 Å². The van der Waals surface area contributed by atoms with Gasteiger partial charge in [-0.05, 0) is 50.9 Å². The summed E-state index contributed by atoms with van der Waals surface area (Å²) in [5, 5.41) is 7.44.